The molecule has 0 saturated carbocycles. The van der Waals surface area contributed by atoms with E-state index in [-0.39, 0.29) is 5.75 Å². The quantitative estimate of drug-likeness (QED) is 0.772. The Morgan fingerprint density at radius 2 is 1.95 bits per heavy atom. The fraction of sp³-hybridized carbons (Fsp3) is 0.333. The molecule has 1 aromatic heterocycles. The van der Waals surface area contributed by atoms with E-state index in [1.165, 1.54) is 0 Å². The van der Waals surface area contributed by atoms with Crippen molar-refractivity contribution in [3.63, 3.8) is 0 Å². The van der Waals surface area contributed by atoms with Gasteiger partial charge < -0.3 is 20.8 Å². The number of anilines is 1. The van der Waals surface area contributed by atoms with E-state index in [9.17, 15) is 9.90 Å². The third kappa shape index (κ3) is 2.90. The molecule has 6 nitrogen and oxygen atoms in total. The Labute approximate surface area is 122 Å². The molecular formula is C15H19N3O3. The van der Waals surface area contributed by atoms with Crippen LogP contribution in [-0.4, -0.2) is 41.3 Å². The Morgan fingerprint density at radius 3 is 2.57 bits per heavy atom. The molecule has 1 aromatic carbocycles. The Balaban J connectivity index is 0.000000774. The molecule has 0 unspecified atom stereocenters. The van der Waals surface area contributed by atoms with E-state index in [1.807, 2.05) is 6.07 Å². The van der Waals surface area contributed by atoms with Gasteiger partial charge in [-0.3, -0.25) is 4.79 Å². The maximum absolute atomic E-state index is 11.4. The molecule has 1 amide bonds. The highest BCUT2D eigenvalue weighted by molar-refractivity contribution is 6.06. The summed E-state index contributed by atoms with van der Waals surface area (Å²) >= 11 is 0. The molecule has 1 aliphatic heterocycles. The monoisotopic (exact) mass is 289 g/mol. The van der Waals surface area contributed by atoms with Crippen LogP contribution in [-0.2, 0) is 0 Å². The Hall–Kier alpha value is -2.34. The molecule has 112 valence electrons. The van der Waals surface area contributed by atoms with Crippen LogP contribution in [0.15, 0.2) is 24.3 Å². The van der Waals surface area contributed by atoms with E-state index in [4.69, 9.17) is 10.8 Å². The Kier molecular flexibility index (Phi) is 4.59. The number of hydrogen-bond donors (Lipinski definition) is 3. The van der Waals surface area contributed by atoms with Crippen LogP contribution in [0.25, 0.3) is 10.9 Å². The second-order valence-electron chi connectivity index (χ2n) is 4.76. The van der Waals surface area contributed by atoms with Crippen molar-refractivity contribution in [3.05, 3.63) is 29.8 Å². The van der Waals surface area contributed by atoms with E-state index in [0.717, 1.165) is 33.0 Å². The van der Waals surface area contributed by atoms with Gasteiger partial charge in [-0.2, -0.15) is 0 Å². The maximum atomic E-state index is 11.4. The summed E-state index contributed by atoms with van der Waals surface area (Å²) in [4.78, 5) is 17.9. The van der Waals surface area contributed by atoms with Gasteiger partial charge in [-0.05, 0) is 31.0 Å². The molecule has 0 spiro atoms. The number of rotatable bonds is 2. The van der Waals surface area contributed by atoms with Crippen LogP contribution in [0.2, 0.25) is 0 Å². The van der Waals surface area contributed by atoms with Gasteiger partial charge >= 0.3 is 0 Å². The minimum atomic E-state index is -0.513. The number of nitrogens with zero attached hydrogens (tertiary/aromatic N) is 2. The van der Waals surface area contributed by atoms with Crippen molar-refractivity contribution in [1.82, 2.24) is 4.98 Å². The van der Waals surface area contributed by atoms with Crippen molar-refractivity contribution < 1.29 is 15.0 Å². The average molecular weight is 289 g/mol. The summed E-state index contributed by atoms with van der Waals surface area (Å²) in [5.74, 6) is 0.176. The zero-order valence-electron chi connectivity index (χ0n) is 11.9. The molecule has 3 rings (SSSR count). The Bertz CT molecular complexity index is 652. The molecule has 6 heteroatoms. The molecule has 21 heavy (non-hydrogen) atoms. The number of aromatic nitrogens is 1. The van der Waals surface area contributed by atoms with E-state index in [2.05, 4.69) is 9.88 Å². The summed E-state index contributed by atoms with van der Waals surface area (Å²) in [6.07, 6.45) is 2.22. The van der Waals surface area contributed by atoms with Gasteiger partial charge in [0.1, 0.15) is 0 Å². The van der Waals surface area contributed by atoms with Crippen molar-refractivity contribution in [2.75, 3.05) is 25.1 Å². The van der Waals surface area contributed by atoms with Crippen LogP contribution in [0, 0.1) is 0 Å². The highest BCUT2D eigenvalue weighted by Gasteiger charge is 2.19. The van der Waals surface area contributed by atoms with Gasteiger partial charge in [-0.25, -0.2) is 4.98 Å². The molecule has 0 radical (unpaired) electrons. The predicted molar refractivity (Wildman–Crippen MR) is 81.5 cm³/mol. The predicted octanol–water partition coefficient (Wildman–Crippen LogP) is 1.25. The number of hydrogen-bond acceptors (Lipinski definition) is 5. The second-order valence-corrected chi connectivity index (χ2v) is 4.76. The lowest BCUT2D eigenvalue weighted by atomic mass is 10.1. The topological polar surface area (TPSA) is 99.7 Å². The number of aliphatic hydroxyl groups excluding tert-OH is 1. The van der Waals surface area contributed by atoms with Crippen molar-refractivity contribution >= 4 is 22.6 Å². The number of carbonyl (C=O) groups excluding carboxylic acids is 1. The smallest absolute Gasteiger partial charge is 0.249 e. The van der Waals surface area contributed by atoms with E-state index >= 15 is 0 Å². The summed E-state index contributed by atoms with van der Waals surface area (Å²) in [5.41, 5.74) is 6.39. The van der Waals surface area contributed by atoms with Gasteiger partial charge in [0.25, 0.3) is 0 Å². The van der Waals surface area contributed by atoms with Crippen LogP contribution in [0.1, 0.15) is 23.2 Å². The van der Waals surface area contributed by atoms with Gasteiger partial charge in [0, 0.05) is 31.1 Å². The lowest BCUT2D eigenvalue weighted by Crippen LogP contribution is -2.19. The average Bonchev–Trinajstić information content (AvgIpc) is 3.02. The summed E-state index contributed by atoms with van der Waals surface area (Å²) in [6, 6.07) is 6.79. The molecule has 2 aromatic rings. The number of carbonyl (C=O) groups is 1. The number of aliphatic hydroxyl groups is 1. The minimum Gasteiger partial charge on any atom is -0.504 e. The van der Waals surface area contributed by atoms with Crippen LogP contribution < -0.4 is 10.6 Å². The van der Waals surface area contributed by atoms with E-state index in [1.54, 1.807) is 18.2 Å². The molecule has 1 aliphatic rings. The first-order valence-electron chi connectivity index (χ1n) is 6.79. The molecule has 1 fully saturated rings. The van der Waals surface area contributed by atoms with Gasteiger partial charge in [0.15, 0.2) is 11.6 Å². The SMILES string of the molecule is CO.NC(=O)c1cccc2nc(N3CCCC3)c(O)cc12. The molecule has 0 bridgehead atoms. The third-order valence-corrected chi connectivity index (χ3v) is 3.49. The van der Waals surface area contributed by atoms with Gasteiger partial charge in [0.05, 0.1) is 5.52 Å². The first-order chi connectivity index (χ1) is 10.2. The van der Waals surface area contributed by atoms with Crippen LogP contribution in [0.5, 0.6) is 5.75 Å². The molecule has 2 heterocycles. The van der Waals surface area contributed by atoms with Crippen LogP contribution in [0.3, 0.4) is 0 Å². The van der Waals surface area contributed by atoms with Crippen molar-refractivity contribution in [2.24, 2.45) is 5.73 Å². The molecule has 4 N–H and O–H groups in total. The standard InChI is InChI=1S/C14H15N3O2.CH4O/c15-13(19)9-4-3-5-11-10(9)8-12(18)14(16-11)17-6-1-2-7-17;1-2/h3-5,8,18H,1-2,6-7H2,(H2,15,19);2H,1H3. The first kappa shape index (κ1) is 15.1. The van der Waals surface area contributed by atoms with E-state index < -0.39 is 5.91 Å². The number of aromatic hydroxyl groups is 1. The van der Waals surface area contributed by atoms with Crippen LogP contribution in [0.4, 0.5) is 5.82 Å². The minimum absolute atomic E-state index is 0.100. The van der Waals surface area contributed by atoms with Crippen molar-refractivity contribution in [2.45, 2.75) is 12.8 Å². The van der Waals surface area contributed by atoms with Gasteiger partial charge in [-0.15, -0.1) is 0 Å². The van der Waals surface area contributed by atoms with Gasteiger partial charge in [-0.1, -0.05) is 6.07 Å². The zero-order chi connectivity index (χ0) is 15.4. The van der Waals surface area contributed by atoms with Crippen molar-refractivity contribution in [1.29, 1.82) is 0 Å². The van der Waals surface area contributed by atoms with Crippen molar-refractivity contribution in [3.8, 4) is 5.75 Å². The highest BCUT2D eigenvalue weighted by Crippen LogP contribution is 2.32. The summed E-state index contributed by atoms with van der Waals surface area (Å²) in [5, 5.41) is 17.7. The summed E-state index contributed by atoms with van der Waals surface area (Å²) in [6.45, 7) is 1.81. The summed E-state index contributed by atoms with van der Waals surface area (Å²) < 4.78 is 0. The maximum Gasteiger partial charge on any atom is 0.249 e. The second kappa shape index (κ2) is 6.41. The number of amides is 1. The number of pyridine rings is 1. The fourth-order valence-electron chi connectivity index (χ4n) is 2.55. The number of fused-ring (bicyclic) bond motifs is 1. The largest absolute Gasteiger partial charge is 0.504 e. The number of nitrogens with two attached hydrogens (primary N) is 1. The fourth-order valence-corrected chi connectivity index (χ4v) is 2.55. The zero-order valence-corrected chi connectivity index (χ0v) is 11.9. The third-order valence-electron chi connectivity index (χ3n) is 3.49. The molecule has 0 aliphatic carbocycles. The lowest BCUT2D eigenvalue weighted by molar-refractivity contribution is 0.100. The number of primary amides is 1. The molecule has 1 saturated heterocycles. The Morgan fingerprint density at radius 1 is 1.29 bits per heavy atom. The lowest BCUT2D eigenvalue weighted by Gasteiger charge is -2.18. The van der Waals surface area contributed by atoms with E-state index in [0.29, 0.717) is 22.3 Å². The highest BCUT2D eigenvalue weighted by atomic mass is 16.3. The summed E-state index contributed by atoms with van der Waals surface area (Å²) in [7, 11) is 1.00. The normalized spacial score (nSPS) is 13.9. The first-order valence-corrected chi connectivity index (χ1v) is 6.79. The number of benzene rings is 1. The van der Waals surface area contributed by atoms with Gasteiger partial charge in [0.2, 0.25) is 5.91 Å². The molecular weight excluding hydrogens is 270 g/mol. The molecule has 0 atom stereocenters. The van der Waals surface area contributed by atoms with Crippen LogP contribution >= 0.6 is 0 Å².